The molecule has 0 amide bonds. The van der Waals surface area contributed by atoms with Gasteiger partial charge in [0.05, 0.1) is 5.69 Å². The van der Waals surface area contributed by atoms with Gasteiger partial charge in [-0.15, -0.1) is 0 Å². The van der Waals surface area contributed by atoms with Crippen LogP contribution in [-0.2, 0) is 6.54 Å². The van der Waals surface area contributed by atoms with E-state index in [0.29, 0.717) is 17.4 Å². The Labute approximate surface area is 170 Å². The zero-order valence-electron chi connectivity index (χ0n) is 16.9. The maximum absolute atomic E-state index is 12.2. The van der Waals surface area contributed by atoms with Gasteiger partial charge < -0.3 is 14.5 Å². The summed E-state index contributed by atoms with van der Waals surface area (Å²) in [7, 11) is 0. The number of benzene rings is 1. The predicted molar refractivity (Wildman–Crippen MR) is 113 cm³/mol. The van der Waals surface area contributed by atoms with Gasteiger partial charge in [-0.3, -0.25) is 9.69 Å². The highest BCUT2D eigenvalue weighted by molar-refractivity contribution is 5.65. The monoisotopic (exact) mass is 393 g/mol. The lowest BCUT2D eigenvalue weighted by molar-refractivity contribution is 0.116. The number of aromatic nitrogens is 2. The van der Waals surface area contributed by atoms with Gasteiger partial charge in [0.1, 0.15) is 17.3 Å². The van der Waals surface area contributed by atoms with Crippen molar-refractivity contribution < 1.29 is 9.52 Å². The summed E-state index contributed by atoms with van der Waals surface area (Å²) in [5.74, 6) is 2.49. The van der Waals surface area contributed by atoms with Crippen LogP contribution in [0.3, 0.4) is 0 Å². The summed E-state index contributed by atoms with van der Waals surface area (Å²) in [6, 6.07) is 11.6. The van der Waals surface area contributed by atoms with Gasteiger partial charge in [-0.1, -0.05) is 24.3 Å². The van der Waals surface area contributed by atoms with Crippen LogP contribution in [0.4, 0.5) is 0 Å². The Morgan fingerprint density at radius 2 is 2.03 bits per heavy atom. The van der Waals surface area contributed by atoms with E-state index < -0.39 is 0 Å². The lowest BCUT2D eigenvalue weighted by Crippen LogP contribution is -2.36. The average Bonchev–Trinajstić information content (AvgIpc) is 3.06. The summed E-state index contributed by atoms with van der Waals surface area (Å²) in [4.78, 5) is 22.1. The van der Waals surface area contributed by atoms with Crippen molar-refractivity contribution in [2.75, 3.05) is 19.7 Å². The van der Waals surface area contributed by atoms with Gasteiger partial charge in [0, 0.05) is 36.9 Å². The first-order valence-electron chi connectivity index (χ1n) is 10.1. The fraction of sp³-hybridized carbons (Fsp3) is 0.391. The normalized spacial score (nSPS) is 17.6. The van der Waals surface area contributed by atoms with E-state index in [9.17, 15) is 9.90 Å². The first-order chi connectivity index (χ1) is 14.0. The fourth-order valence-electron chi connectivity index (χ4n) is 4.09. The van der Waals surface area contributed by atoms with Crippen molar-refractivity contribution in [1.82, 2.24) is 14.9 Å². The second-order valence-corrected chi connectivity index (χ2v) is 7.93. The van der Waals surface area contributed by atoms with Crippen LogP contribution in [0.5, 0.6) is 0 Å². The molecule has 1 fully saturated rings. The largest absolute Gasteiger partial charge is 0.466 e. The molecule has 2 aromatic heterocycles. The maximum Gasteiger partial charge on any atom is 0.251 e. The van der Waals surface area contributed by atoms with E-state index in [1.54, 1.807) is 0 Å². The number of furan rings is 1. The molecule has 0 radical (unpaired) electrons. The van der Waals surface area contributed by atoms with E-state index in [1.165, 1.54) is 11.6 Å². The van der Waals surface area contributed by atoms with Gasteiger partial charge >= 0.3 is 0 Å². The third kappa shape index (κ3) is 4.49. The van der Waals surface area contributed by atoms with Crippen LogP contribution in [0.2, 0.25) is 0 Å². The summed E-state index contributed by atoms with van der Waals surface area (Å²) < 4.78 is 5.59. The highest BCUT2D eigenvalue weighted by Crippen LogP contribution is 2.26. The Kier molecular flexibility index (Phi) is 5.65. The first-order valence-corrected chi connectivity index (χ1v) is 10.1. The van der Waals surface area contributed by atoms with Gasteiger partial charge in [-0.25, -0.2) is 4.98 Å². The standard InChI is InChI=1S/C23H27N3O3/c1-15-10-20(16(2)29-15)21-11-22(28)25-23(24-21)19-7-5-17(6-8-19)12-26-9-3-4-18(13-26)14-27/h5-8,10-11,18,27H,3-4,9,12-14H2,1-2H3,(H,24,25,28). The van der Waals surface area contributed by atoms with Crippen molar-refractivity contribution in [2.24, 2.45) is 5.92 Å². The summed E-state index contributed by atoms with van der Waals surface area (Å²) in [6.07, 6.45) is 2.24. The first kappa shape index (κ1) is 19.6. The molecule has 1 aromatic carbocycles. The maximum atomic E-state index is 12.2. The number of aryl methyl sites for hydroxylation is 2. The molecule has 1 atom stereocenters. The van der Waals surface area contributed by atoms with Crippen LogP contribution in [0.1, 0.15) is 29.9 Å². The van der Waals surface area contributed by atoms with E-state index in [1.807, 2.05) is 32.0 Å². The molecule has 1 saturated heterocycles. The molecule has 6 heteroatoms. The molecule has 29 heavy (non-hydrogen) atoms. The van der Waals surface area contributed by atoms with Crippen molar-refractivity contribution in [3.8, 4) is 22.6 Å². The van der Waals surface area contributed by atoms with Crippen molar-refractivity contribution in [3.63, 3.8) is 0 Å². The van der Waals surface area contributed by atoms with E-state index in [4.69, 9.17) is 4.42 Å². The third-order valence-corrected chi connectivity index (χ3v) is 5.55. The molecule has 1 unspecified atom stereocenters. The van der Waals surface area contributed by atoms with E-state index in [0.717, 1.165) is 55.1 Å². The minimum Gasteiger partial charge on any atom is -0.466 e. The van der Waals surface area contributed by atoms with E-state index in [2.05, 4.69) is 27.0 Å². The summed E-state index contributed by atoms with van der Waals surface area (Å²) >= 11 is 0. The number of aliphatic hydroxyl groups is 1. The van der Waals surface area contributed by atoms with Crippen LogP contribution >= 0.6 is 0 Å². The quantitative estimate of drug-likeness (QED) is 0.693. The molecule has 6 nitrogen and oxygen atoms in total. The van der Waals surface area contributed by atoms with Crippen LogP contribution < -0.4 is 5.56 Å². The minimum atomic E-state index is -0.185. The van der Waals surface area contributed by atoms with Gasteiger partial charge in [0.15, 0.2) is 0 Å². The number of hydrogen-bond acceptors (Lipinski definition) is 5. The number of H-pyrrole nitrogens is 1. The molecular weight excluding hydrogens is 366 g/mol. The van der Waals surface area contributed by atoms with Crippen molar-refractivity contribution in [1.29, 1.82) is 0 Å². The predicted octanol–water partition coefficient (Wildman–Crippen LogP) is 3.52. The van der Waals surface area contributed by atoms with Gasteiger partial charge in [-0.05, 0) is 50.8 Å². The molecule has 1 aliphatic heterocycles. The number of aliphatic hydroxyl groups excluding tert-OH is 1. The number of hydrogen-bond donors (Lipinski definition) is 2. The number of rotatable bonds is 5. The van der Waals surface area contributed by atoms with Crippen LogP contribution in [0, 0.1) is 19.8 Å². The lowest BCUT2D eigenvalue weighted by atomic mass is 9.98. The molecule has 0 saturated carbocycles. The van der Waals surface area contributed by atoms with Gasteiger partial charge in [0.25, 0.3) is 5.56 Å². The minimum absolute atomic E-state index is 0.185. The van der Waals surface area contributed by atoms with Crippen molar-refractivity contribution >= 4 is 0 Å². The van der Waals surface area contributed by atoms with E-state index >= 15 is 0 Å². The third-order valence-electron chi connectivity index (χ3n) is 5.55. The molecule has 1 aliphatic rings. The number of likely N-dealkylation sites (tertiary alicyclic amines) is 1. The van der Waals surface area contributed by atoms with Crippen LogP contribution in [-0.4, -0.2) is 39.7 Å². The molecule has 0 spiro atoms. The Morgan fingerprint density at radius 1 is 1.24 bits per heavy atom. The fourth-order valence-corrected chi connectivity index (χ4v) is 4.09. The van der Waals surface area contributed by atoms with Crippen LogP contribution in [0.15, 0.2) is 45.6 Å². The Bertz CT molecular complexity index is 1040. The molecule has 0 aliphatic carbocycles. The SMILES string of the molecule is Cc1cc(-c2cc(=O)[nH]c(-c3ccc(CN4CCCC(CO)C4)cc3)n2)c(C)o1. The molecule has 2 N–H and O–H groups in total. The Balaban J connectivity index is 1.55. The zero-order valence-corrected chi connectivity index (χ0v) is 16.9. The Hall–Kier alpha value is -2.70. The molecular formula is C23H27N3O3. The number of nitrogens with zero attached hydrogens (tertiary/aromatic N) is 2. The summed E-state index contributed by atoms with van der Waals surface area (Å²) in [6.45, 7) is 6.90. The highest BCUT2D eigenvalue weighted by Gasteiger charge is 2.19. The number of nitrogens with one attached hydrogen (secondary N) is 1. The molecule has 3 aromatic rings. The topological polar surface area (TPSA) is 82.4 Å². The van der Waals surface area contributed by atoms with Gasteiger partial charge in [-0.2, -0.15) is 0 Å². The molecule has 3 heterocycles. The molecule has 4 rings (SSSR count). The van der Waals surface area contributed by atoms with Crippen molar-refractivity contribution in [2.45, 2.75) is 33.2 Å². The van der Waals surface area contributed by atoms with E-state index in [-0.39, 0.29) is 12.2 Å². The van der Waals surface area contributed by atoms with Crippen LogP contribution in [0.25, 0.3) is 22.6 Å². The summed E-state index contributed by atoms with van der Waals surface area (Å²) in [5, 5.41) is 9.41. The van der Waals surface area contributed by atoms with Gasteiger partial charge in [0.2, 0.25) is 0 Å². The van der Waals surface area contributed by atoms with Crippen molar-refractivity contribution in [3.05, 3.63) is 63.8 Å². The average molecular weight is 393 g/mol. The second kappa shape index (κ2) is 8.35. The molecule has 152 valence electrons. The molecule has 0 bridgehead atoms. The number of piperidine rings is 1. The summed E-state index contributed by atoms with van der Waals surface area (Å²) in [5.41, 5.74) is 3.36. The Morgan fingerprint density at radius 3 is 2.72 bits per heavy atom. The number of aromatic amines is 1. The second-order valence-electron chi connectivity index (χ2n) is 7.93. The highest BCUT2D eigenvalue weighted by atomic mass is 16.3. The zero-order chi connectivity index (χ0) is 20.4. The smallest absolute Gasteiger partial charge is 0.251 e. The lowest BCUT2D eigenvalue weighted by Gasteiger charge is -2.31.